The van der Waals surface area contributed by atoms with Gasteiger partial charge in [0.15, 0.2) is 5.75 Å². The number of benzene rings is 6. The normalized spacial score (nSPS) is 10.1. The highest BCUT2D eigenvalue weighted by molar-refractivity contribution is 9.10. The largest absolute Gasteiger partial charge is 0.506 e. The van der Waals surface area contributed by atoms with Crippen molar-refractivity contribution in [1.82, 2.24) is 5.32 Å². The van der Waals surface area contributed by atoms with Crippen LogP contribution in [0.2, 0.25) is 0 Å². The van der Waals surface area contributed by atoms with Crippen LogP contribution in [0.5, 0.6) is 23.0 Å². The number of hydrogen-bond acceptors (Lipinski definition) is 8. The fraction of sp³-hybridized carbons (Fsp3) is 0.0250. The van der Waals surface area contributed by atoms with E-state index in [4.69, 9.17) is 4.74 Å². The molecule has 0 aliphatic rings. The van der Waals surface area contributed by atoms with Crippen molar-refractivity contribution in [2.24, 2.45) is 0 Å². The van der Waals surface area contributed by atoms with Gasteiger partial charge in [-0.2, -0.15) is 0 Å². The maximum atomic E-state index is 12.3. The zero-order valence-corrected chi connectivity index (χ0v) is 30.3. The molecule has 0 saturated carbocycles. The minimum atomic E-state index is -0.638. The molecule has 6 aromatic rings. The topological polar surface area (TPSA) is 204 Å². The van der Waals surface area contributed by atoms with Crippen molar-refractivity contribution >= 4 is 62.3 Å². The van der Waals surface area contributed by atoms with Gasteiger partial charge < -0.3 is 41.5 Å². The third-order valence-corrected chi connectivity index (χ3v) is 8.16. The Labute approximate surface area is 323 Å². The SMILES string of the molecule is O=C(Nc1ccc(C(=O)NCc2ccccc2)cc1O)Nc1ccccc1Br.O=C(Nc1ccc([N+](=O)[O-])cc1O)Nc1ccccc1Oc1ccccc1. The Bertz CT molecular complexity index is 2290. The molecule has 55 heavy (non-hydrogen) atoms. The number of rotatable bonds is 10. The highest BCUT2D eigenvalue weighted by Gasteiger charge is 2.15. The van der Waals surface area contributed by atoms with E-state index in [0.717, 1.165) is 16.1 Å². The average molecular weight is 806 g/mol. The molecule has 14 nitrogen and oxygen atoms in total. The zero-order valence-electron chi connectivity index (χ0n) is 28.7. The van der Waals surface area contributed by atoms with Gasteiger partial charge in [-0.15, -0.1) is 0 Å². The summed E-state index contributed by atoms with van der Waals surface area (Å²) in [6.45, 7) is 0.384. The number of nitro groups is 1. The number of phenolic OH excluding ortho intramolecular Hbond substituents is 2. The molecule has 0 aliphatic heterocycles. The molecule has 278 valence electrons. The van der Waals surface area contributed by atoms with Crippen LogP contribution in [0.3, 0.4) is 0 Å². The number of amides is 5. The summed E-state index contributed by atoms with van der Waals surface area (Å²) < 4.78 is 6.50. The third-order valence-electron chi connectivity index (χ3n) is 7.47. The Morgan fingerprint density at radius 2 is 1.15 bits per heavy atom. The number of carbonyl (C=O) groups excluding carboxylic acids is 3. The number of carbonyl (C=O) groups is 3. The number of phenols is 2. The molecule has 0 atom stereocenters. The summed E-state index contributed by atoms with van der Waals surface area (Å²) in [5.41, 5.74) is 2.24. The van der Waals surface area contributed by atoms with Crippen molar-refractivity contribution in [3.05, 3.63) is 171 Å². The van der Waals surface area contributed by atoms with Gasteiger partial charge in [-0.1, -0.05) is 72.8 Å². The van der Waals surface area contributed by atoms with Crippen molar-refractivity contribution in [2.75, 3.05) is 21.3 Å². The van der Waals surface area contributed by atoms with E-state index >= 15 is 0 Å². The molecule has 0 fully saturated rings. The van der Waals surface area contributed by atoms with Crippen molar-refractivity contribution in [2.45, 2.75) is 6.54 Å². The molecule has 0 aromatic heterocycles. The predicted molar refractivity (Wildman–Crippen MR) is 213 cm³/mol. The van der Waals surface area contributed by atoms with Crippen molar-refractivity contribution in [3.8, 4) is 23.0 Å². The molecule has 0 bridgehead atoms. The highest BCUT2D eigenvalue weighted by Crippen LogP contribution is 2.31. The number of hydrogen-bond donors (Lipinski definition) is 7. The number of urea groups is 2. The molecular weight excluding hydrogens is 772 g/mol. The number of nitrogens with one attached hydrogen (secondary N) is 5. The van der Waals surface area contributed by atoms with Gasteiger partial charge >= 0.3 is 12.1 Å². The van der Waals surface area contributed by atoms with Crippen molar-refractivity contribution < 1.29 is 34.3 Å². The van der Waals surface area contributed by atoms with E-state index in [0.29, 0.717) is 35.0 Å². The predicted octanol–water partition coefficient (Wildman–Crippen LogP) is 9.47. The second-order valence-corrected chi connectivity index (χ2v) is 12.3. The lowest BCUT2D eigenvalue weighted by molar-refractivity contribution is -0.384. The summed E-state index contributed by atoms with van der Waals surface area (Å²) in [5.74, 6) is 0.123. The van der Waals surface area contributed by atoms with Crippen LogP contribution in [0.1, 0.15) is 15.9 Å². The van der Waals surface area contributed by atoms with Gasteiger partial charge in [0.1, 0.15) is 17.2 Å². The lowest BCUT2D eigenvalue weighted by Crippen LogP contribution is -2.23. The summed E-state index contributed by atoms with van der Waals surface area (Å²) in [4.78, 5) is 46.7. The van der Waals surface area contributed by atoms with Crippen molar-refractivity contribution in [3.63, 3.8) is 0 Å². The molecule has 0 unspecified atom stereocenters. The van der Waals surface area contributed by atoms with Crippen LogP contribution in [0.25, 0.3) is 0 Å². The third kappa shape index (κ3) is 11.6. The van der Waals surface area contributed by atoms with Gasteiger partial charge in [-0.05, 0) is 82.2 Å². The van der Waals surface area contributed by atoms with Gasteiger partial charge in [-0.25, -0.2) is 9.59 Å². The maximum absolute atomic E-state index is 12.3. The first kappa shape index (κ1) is 38.8. The quantitative estimate of drug-likeness (QED) is 0.0403. The Hall–Kier alpha value is -7.39. The Morgan fingerprint density at radius 3 is 1.76 bits per heavy atom. The van der Waals surface area contributed by atoms with Crippen LogP contribution in [-0.2, 0) is 6.54 Å². The van der Waals surface area contributed by atoms with Gasteiger partial charge in [0.05, 0.1) is 33.7 Å². The standard InChI is InChI=1S/C21H18BrN3O3.C19H15N3O5/c22-16-8-4-5-9-17(16)24-21(28)25-18-11-10-15(12-19(18)26)20(27)23-13-14-6-2-1-3-7-14;23-17-12-13(22(25)26)10-11-15(17)20-19(24)21-16-8-4-5-9-18(16)27-14-6-2-1-3-7-14/h1-12,26H,13H2,(H,23,27)(H2,24,25,28);1-12,23H,(H2,20,21,24). The number of para-hydroxylation sites is 4. The number of halogens is 1. The smallest absolute Gasteiger partial charge is 0.323 e. The van der Waals surface area contributed by atoms with E-state index in [1.165, 1.54) is 30.3 Å². The van der Waals surface area contributed by atoms with Crippen molar-refractivity contribution in [1.29, 1.82) is 0 Å². The van der Waals surface area contributed by atoms with Crippen LogP contribution < -0.4 is 31.3 Å². The Kier molecular flexibility index (Phi) is 13.3. The molecule has 0 heterocycles. The Balaban J connectivity index is 0.000000211. The molecule has 15 heteroatoms. The van der Waals surface area contributed by atoms with Gasteiger partial charge in [0.25, 0.3) is 11.6 Å². The number of ether oxygens (including phenoxy) is 1. The molecule has 0 radical (unpaired) electrons. The molecule has 6 aromatic carbocycles. The van der Waals surface area contributed by atoms with E-state index < -0.39 is 22.7 Å². The lowest BCUT2D eigenvalue weighted by Gasteiger charge is -2.13. The van der Waals surface area contributed by atoms with E-state index in [1.807, 2.05) is 54.6 Å². The first-order chi connectivity index (χ1) is 26.5. The van der Waals surface area contributed by atoms with E-state index in [1.54, 1.807) is 54.6 Å². The number of anilines is 4. The number of non-ortho nitro benzene ring substituents is 1. The zero-order chi connectivity index (χ0) is 39.2. The van der Waals surface area contributed by atoms with Crippen LogP contribution in [0.4, 0.5) is 38.0 Å². The molecule has 0 aliphatic carbocycles. The minimum Gasteiger partial charge on any atom is -0.506 e. The van der Waals surface area contributed by atoms with E-state index in [9.17, 15) is 34.7 Å². The minimum absolute atomic E-state index is 0.0413. The van der Waals surface area contributed by atoms with Gasteiger partial charge in [-0.3, -0.25) is 14.9 Å². The second-order valence-electron chi connectivity index (χ2n) is 11.4. The summed E-state index contributed by atoms with van der Waals surface area (Å²) >= 11 is 3.35. The van der Waals surface area contributed by atoms with Gasteiger partial charge in [0, 0.05) is 22.6 Å². The summed E-state index contributed by atoms with van der Waals surface area (Å²) in [5, 5.41) is 43.8. The molecule has 5 amide bonds. The molecular formula is C40H33BrN6O8. The van der Waals surface area contributed by atoms with Crippen LogP contribution in [0, 0.1) is 10.1 Å². The summed E-state index contributed by atoms with van der Waals surface area (Å²) in [7, 11) is 0. The second kappa shape index (κ2) is 18.9. The monoisotopic (exact) mass is 804 g/mol. The van der Waals surface area contributed by atoms with Crippen LogP contribution >= 0.6 is 15.9 Å². The van der Waals surface area contributed by atoms with Crippen LogP contribution in [-0.4, -0.2) is 33.1 Å². The van der Waals surface area contributed by atoms with E-state index in [-0.39, 0.29) is 28.7 Å². The maximum Gasteiger partial charge on any atom is 0.323 e. The highest BCUT2D eigenvalue weighted by atomic mass is 79.9. The average Bonchev–Trinajstić information content (AvgIpc) is 3.18. The Morgan fingerprint density at radius 1 is 0.618 bits per heavy atom. The van der Waals surface area contributed by atoms with Gasteiger partial charge in [0.2, 0.25) is 0 Å². The number of nitro benzene ring substituents is 1. The molecule has 6 rings (SSSR count). The fourth-order valence-electron chi connectivity index (χ4n) is 4.79. The first-order valence-corrected chi connectivity index (χ1v) is 17.2. The lowest BCUT2D eigenvalue weighted by atomic mass is 10.1. The number of aromatic hydroxyl groups is 2. The number of nitrogens with zero attached hydrogens (tertiary/aromatic N) is 1. The summed E-state index contributed by atoms with van der Waals surface area (Å²) in [6.07, 6.45) is 0. The van der Waals surface area contributed by atoms with E-state index in [2.05, 4.69) is 42.5 Å². The molecule has 7 N–H and O–H groups in total. The first-order valence-electron chi connectivity index (χ1n) is 16.4. The molecule has 0 saturated heterocycles. The summed E-state index contributed by atoms with van der Waals surface area (Å²) in [6, 6.07) is 39.2. The molecule has 0 spiro atoms. The fourth-order valence-corrected chi connectivity index (χ4v) is 5.17. The van der Waals surface area contributed by atoms with Crippen LogP contribution in [0.15, 0.2) is 150 Å².